The Morgan fingerprint density at radius 3 is 2.72 bits per heavy atom. The summed E-state index contributed by atoms with van der Waals surface area (Å²) in [6.07, 6.45) is 2.66. The topological polar surface area (TPSA) is 12.0 Å². The van der Waals surface area contributed by atoms with Crippen LogP contribution in [0.25, 0.3) is 0 Å². The molecule has 18 heavy (non-hydrogen) atoms. The molecule has 1 N–H and O–H groups in total. The summed E-state index contributed by atoms with van der Waals surface area (Å²) in [5.41, 5.74) is 3.36. The van der Waals surface area contributed by atoms with Gasteiger partial charge in [0.2, 0.25) is 0 Å². The predicted molar refractivity (Wildman–Crippen MR) is 79.0 cm³/mol. The standard InChI is InChI=1S/C17H27N/c1-5-15-10-17(15,12-18-11-13(2)3)16-8-6-7-14(4)9-16/h6-9,13,15,18H,5,10-12H2,1-4H3. The molecule has 2 unspecified atom stereocenters. The molecule has 0 saturated heterocycles. The summed E-state index contributed by atoms with van der Waals surface area (Å²) in [6, 6.07) is 9.11. The fourth-order valence-electron chi connectivity index (χ4n) is 3.13. The molecular formula is C17H27N. The van der Waals surface area contributed by atoms with Gasteiger partial charge in [-0.3, -0.25) is 0 Å². The van der Waals surface area contributed by atoms with E-state index in [0.717, 1.165) is 24.9 Å². The number of hydrogen-bond donors (Lipinski definition) is 1. The van der Waals surface area contributed by atoms with Gasteiger partial charge >= 0.3 is 0 Å². The van der Waals surface area contributed by atoms with E-state index in [4.69, 9.17) is 0 Å². The van der Waals surface area contributed by atoms with E-state index in [1.54, 1.807) is 5.56 Å². The summed E-state index contributed by atoms with van der Waals surface area (Å²) in [6.45, 7) is 11.3. The van der Waals surface area contributed by atoms with Gasteiger partial charge in [-0.15, -0.1) is 0 Å². The average molecular weight is 245 g/mol. The van der Waals surface area contributed by atoms with Gasteiger partial charge in [0.25, 0.3) is 0 Å². The minimum atomic E-state index is 0.426. The summed E-state index contributed by atoms with van der Waals surface area (Å²) in [5.74, 6) is 1.61. The summed E-state index contributed by atoms with van der Waals surface area (Å²) < 4.78 is 0. The van der Waals surface area contributed by atoms with Crippen LogP contribution < -0.4 is 5.32 Å². The quantitative estimate of drug-likeness (QED) is 0.801. The van der Waals surface area contributed by atoms with E-state index < -0.39 is 0 Å². The second kappa shape index (κ2) is 5.44. The van der Waals surface area contributed by atoms with Crippen molar-refractivity contribution < 1.29 is 0 Å². The molecule has 0 radical (unpaired) electrons. The Labute approximate surface area is 112 Å². The fourth-order valence-corrected chi connectivity index (χ4v) is 3.13. The molecule has 2 rings (SSSR count). The third-order valence-corrected chi connectivity index (χ3v) is 4.31. The Hall–Kier alpha value is -0.820. The van der Waals surface area contributed by atoms with Crippen molar-refractivity contribution in [2.45, 2.75) is 46.0 Å². The van der Waals surface area contributed by atoms with Crippen molar-refractivity contribution in [1.29, 1.82) is 0 Å². The zero-order valence-corrected chi connectivity index (χ0v) is 12.3. The lowest BCUT2D eigenvalue weighted by atomic mass is 9.91. The Morgan fingerprint density at radius 2 is 2.17 bits per heavy atom. The van der Waals surface area contributed by atoms with Crippen molar-refractivity contribution in [1.82, 2.24) is 5.32 Å². The van der Waals surface area contributed by atoms with Crippen molar-refractivity contribution in [3.8, 4) is 0 Å². The molecule has 1 fully saturated rings. The minimum absolute atomic E-state index is 0.426. The maximum Gasteiger partial charge on any atom is 0.0109 e. The fraction of sp³-hybridized carbons (Fsp3) is 0.647. The summed E-state index contributed by atoms with van der Waals surface area (Å²) in [7, 11) is 0. The van der Waals surface area contributed by atoms with Crippen molar-refractivity contribution in [2.75, 3.05) is 13.1 Å². The number of aryl methyl sites for hydroxylation is 1. The lowest BCUT2D eigenvalue weighted by Crippen LogP contribution is -2.31. The highest BCUT2D eigenvalue weighted by atomic mass is 14.9. The normalized spacial score (nSPS) is 26.6. The molecule has 100 valence electrons. The second-order valence-corrected chi connectivity index (χ2v) is 6.36. The minimum Gasteiger partial charge on any atom is -0.316 e. The first-order valence-corrected chi connectivity index (χ1v) is 7.36. The van der Waals surface area contributed by atoms with Crippen molar-refractivity contribution in [3.63, 3.8) is 0 Å². The Bertz CT molecular complexity index is 396. The summed E-state index contributed by atoms with van der Waals surface area (Å²) >= 11 is 0. The van der Waals surface area contributed by atoms with Gasteiger partial charge in [-0.05, 0) is 37.3 Å². The number of benzene rings is 1. The highest BCUT2D eigenvalue weighted by Crippen LogP contribution is 2.55. The molecule has 0 aromatic heterocycles. The van der Waals surface area contributed by atoms with E-state index in [1.165, 1.54) is 18.4 Å². The number of rotatable bonds is 6. The molecule has 0 spiro atoms. The smallest absolute Gasteiger partial charge is 0.0109 e. The molecule has 1 aliphatic rings. The van der Waals surface area contributed by atoms with Gasteiger partial charge in [0.1, 0.15) is 0 Å². The van der Waals surface area contributed by atoms with Gasteiger partial charge < -0.3 is 5.32 Å². The van der Waals surface area contributed by atoms with Crippen molar-refractivity contribution >= 4 is 0 Å². The SMILES string of the molecule is CCC1CC1(CNCC(C)C)c1cccc(C)c1. The predicted octanol–water partition coefficient (Wildman–Crippen LogP) is 3.91. The molecule has 0 bridgehead atoms. The maximum atomic E-state index is 3.67. The van der Waals surface area contributed by atoms with E-state index in [-0.39, 0.29) is 0 Å². The summed E-state index contributed by atoms with van der Waals surface area (Å²) in [5, 5.41) is 3.67. The van der Waals surface area contributed by atoms with Crippen LogP contribution in [0.1, 0.15) is 44.7 Å². The van der Waals surface area contributed by atoms with Crippen LogP contribution in [0.2, 0.25) is 0 Å². The van der Waals surface area contributed by atoms with E-state index in [0.29, 0.717) is 5.41 Å². The molecule has 2 atom stereocenters. The van der Waals surface area contributed by atoms with Crippen LogP contribution in [0, 0.1) is 18.8 Å². The molecule has 1 nitrogen and oxygen atoms in total. The first-order chi connectivity index (χ1) is 8.58. The van der Waals surface area contributed by atoms with Crippen molar-refractivity contribution in [2.24, 2.45) is 11.8 Å². The van der Waals surface area contributed by atoms with Crippen LogP contribution in [0.3, 0.4) is 0 Å². The molecule has 1 aliphatic carbocycles. The largest absolute Gasteiger partial charge is 0.316 e. The molecule has 0 amide bonds. The van der Waals surface area contributed by atoms with E-state index in [9.17, 15) is 0 Å². The van der Waals surface area contributed by atoms with Crippen LogP contribution in [0.4, 0.5) is 0 Å². The average Bonchev–Trinajstić information content (AvgIpc) is 3.04. The Kier molecular flexibility index (Phi) is 4.11. The van der Waals surface area contributed by atoms with Crippen molar-refractivity contribution in [3.05, 3.63) is 35.4 Å². The van der Waals surface area contributed by atoms with Crippen LogP contribution in [-0.4, -0.2) is 13.1 Å². The third kappa shape index (κ3) is 2.77. The van der Waals surface area contributed by atoms with Gasteiger partial charge in [-0.2, -0.15) is 0 Å². The third-order valence-electron chi connectivity index (χ3n) is 4.31. The molecular weight excluding hydrogens is 218 g/mol. The zero-order valence-electron chi connectivity index (χ0n) is 12.3. The van der Waals surface area contributed by atoms with Gasteiger partial charge in [0, 0.05) is 12.0 Å². The summed E-state index contributed by atoms with van der Waals surface area (Å²) in [4.78, 5) is 0. The molecule has 0 heterocycles. The Morgan fingerprint density at radius 1 is 1.39 bits per heavy atom. The van der Waals surface area contributed by atoms with Gasteiger partial charge in [-0.25, -0.2) is 0 Å². The first-order valence-electron chi connectivity index (χ1n) is 7.36. The van der Waals surface area contributed by atoms with Crippen LogP contribution in [-0.2, 0) is 5.41 Å². The maximum absolute atomic E-state index is 3.67. The van der Waals surface area contributed by atoms with E-state index in [1.807, 2.05) is 0 Å². The number of nitrogens with one attached hydrogen (secondary N) is 1. The van der Waals surface area contributed by atoms with Gasteiger partial charge in [0.15, 0.2) is 0 Å². The molecule has 1 saturated carbocycles. The van der Waals surface area contributed by atoms with Gasteiger partial charge in [-0.1, -0.05) is 57.0 Å². The highest BCUT2D eigenvalue weighted by Gasteiger charge is 2.53. The first kappa shape index (κ1) is 13.6. The molecule has 0 aliphatic heterocycles. The zero-order chi connectivity index (χ0) is 13.2. The Balaban J connectivity index is 2.08. The lowest BCUT2D eigenvalue weighted by Gasteiger charge is -2.20. The highest BCUT2D eigenvalue weighted by molar-refractivity contribution is 5.36. The second-order valence-electron chi connectivity index (χ2n) is 6.36. The lowest BCUT2D eigenvalue weighted by molar-refractivity contribution is 0.483. The van der Waals surface area contributed by atoms with Crippen LogP contribution >= 0.6 is 0 Å². The van der Waals surface area contributed by atoms with Gasteiger partial charge in [0.05, 0.1) is 0 Å². The number of hydrogen-bond acceptors (Lipinski definition) is 1. The molecule has 1 aromatic rings. The van der Waals surface area contributed by atoms with E-state index in [2.05, 4.69) is 57.3 Å². The van der Waals surface area contributed by atoms with E-state index >= 15 is 0 Å². The molecule has 1 aromatic carbocycles. The monoisotopic (exact) mass is 245 g/mol. The molecule has 1 heteroatoms. The van der Waals surface area contributed by atoms with Crippen LogP contribution in [0.5, 0.6) is 0 Å². The van der Waals surface area contributed by atoms with Crippen LogP contribution in [0.15, 0.2) is 24.3 Å².